The Bertz CT molecular complexity index is 642. The number of hydrogen-bond donors (Lipinski definition) is 1. The van der Waals surface area contributed by atoms with Crippen LogP contribution in [0, 0.1) is 0 Å². The molecule has 0 saturated heterocycles. The molecule has 19 heavy (non-hydrogen) atoms. The molecule has 0 aliphatic rings. The molecular weight excluding hydrogens is 371 g/mol. The van der Waals surface area contributed by atoms with Crippen LogP contribution < -0.4 is 5.43 Å². The summed E-state index contributed by atoms with van der Waals surface area (Å²) in [5, 5.41) is 4.61. The minimum absolute atomic E-state index is 0.334. The zero-order valence-corrected chi connectivity index (χ0v) is 13.3. The topological polar surface area (TPSA) is 41.5 Å². The maximum Gasteiger partial charge on any atom is 0.271 e. The zero-order valence-electron chi connectivity index (χ0n) is 9.36. The molecule has 98 valence electrons. The number of nitrogens with one attached hydrogen (secondary N) is 1. The summed E-state index contributed by atoms with van der Waals surface area (Å²) in [7, 11) is 0. The van der Waals surface area contributed by atoms with Gasteiger partial charge in [0.15, 0.2) is 0 Å². The largest absolute Gasteiger partial charge is 0.271 e. The van der Waals surface area contributed by atoms with E-state index in [0.29, 0.717) is 15.6 Å². The molecule has 0 unspecified atom stereocenters. The summed E-state index contributed by atoms with van der Waals surface area (Å²) in [5.74, 6) is -0.342. The molecule has 0 radical (unpaired) electrons. The van der Waals surface area contributed by atoms with Crippen LogP contribution in [0.15, 0.2) is 39.2 Å². The fraction of sp³-hybridized carbons (Fsp3) is 0. The lowest BCUT2D eigenvalue weighted by molar-refractivity contribution is 0.0955. The molecular formula is C12H7BrCl2N2OS. The maximum atomic E-state index is 11.8. The van der Waals surface area contributed by atoms with Gasteiger partial charge in [0.05, 0.1) is 20.0 Å². The number of carbonyl (C=O) groups is 1. The zero-order chi connectivity index (χ0) is 13.8. The number of rotatable bonds is 3. The van der Waals surface area contributed by atoms with Crippen molar-refractivity contribution in [1.29, 1.82) is 0 Å². The Morgan fingerprint density at radius 3 is 2.68 bits per heavy atom. The third-order valence-electron chi connectivity index (χ3n) is 2.13. The van der Waals surface area contributed by atoms with E-state index in [1.807, 2.05) is 12.1 Å². The summed E-state index contributed by atoms with van der Waals surface area (Å²) in [5.41, 5.74) is 2.83. The van der Waals surface area contributed by atoms with Crippen molar-refractivity contribution < 1.29 is 4.79 Å². The fourth-order valence-corrected chi connectivity index (χ4v) is 2.85. The van der Waals surface area contributed by atoms with Gasteiger partial charge in [-0.15, -0.1) is 11.3 Å². The van der Waals surface area contributed by atoms with E-state index in [0.717, 1.165) is 8.66 Å². The Morgan fingerprint density at radius 1 is 1.26 bits per heavy atom. The van der Waals surface area contributed by atoms with Crippen molar-refractivity contribution in [2.24, 2.45) is 5.10 Å². The fourth-order valence-electron chi connectivity index (χ4n) is 1.25. The summed E-state index contributed by atoms with van der Waals surface area (Å²) in [6.45, 7) is 0. The van der Waals surface area contributed by atoms with Crippen LogP contribution in [0.2, 0.25) is 10.0 Å². The Hall–Kier alpha value is -0.880. The van der Waals surface area contributed by atoms with Crippen LogP contribution in [-0.4, -0.2) is 12.1 Å². The summed E-state index contributed by atoms with van der Waals surface area (Å²) in [6, 6.07) is 8.45. The van der Waals surface area contributed by atoms with Crippen molar-refractivity contribution in [3.63, 3.8) is 0 Å². The van der Waals surface area contributed by atoms with E-state index in [-0.39, 0.29) is 5.91 Å². The van der Waals surface area contributed by atoms with Gasteiger partial charge in [0.2, 0.25) is 0 Å². The molecule has 0 fully saturated rings. The lowest BCUT2D eigenvalue weighted by atomic mass is 10.2. The lowest BCUT2D eigenvalue weighted by Crippen LogP contribution is -2.17. The van der Waals surface area contributed by atoms with E-state index < -0.39 is 0 Å². The van der Waals surface area contributed by atoms with E-state index in [1.165, 1.54) is 17.4 Å². The van der Waals surface area contributed by atoms with Crippen LogP contribution in [0.25, 0.3) is 0 Å². The van der Waals surface area contributed by atoms with Crippen molar-refractivity contribution in [3.05, 3.63) is 54.6 Å². The molecule has 7 heteroatoms. The summed E-state index contributed by atoms with van der Waals surface area (Å²) < 4.78 is 1.00. The Balaban J connectivity index is 2.01. The third kappa shape index (κ3) is 4.04. The molecule has 0 atom stereocenters. The summed E-state index contributed by atoms with van der Waals surface area (Å²) >= 11 is 16.5. The van der Waals surface area contributed by atoms with Gasteiger partial charge in [-0.25, -0.2) is 5.43 Å². The first-order chi connectivity index (χ1) is 9.06. The first-order valence-electron chi connectivity index (χ1n) is 5.10. The van der Waals surface area contributed by atoms with Gasteiger partial charge in [-0.2, -0.15) is 5.10 Å². The van der Waals surface area contributed by atoms with E-state index in [9.17, 15) is 4.79 Å². The van der Waals surface area contributed by atoms with Crippen molar-refractivity contribution in [2.45, 2.75) is 0 Å². The number of benzene rings is 1. The second-order valence-electron chi connectivity index (χ2n) is 3.47. The highest BCUT2D eigenvalue weighted by molar-refractivity contribution is 9.11. The van der Waals surface area contributed by atoms with Crippen molar-refractivity contribution in [3.8, 4) is 0 Å². The molecule has 1 aromatic carbocycles. The minimum atomic E-state index is -0.342. The predicted octanol–water partition coefficient (Wildman–Crippen LogP) is 4.58. The summed E-state index contributed by atoms with van der Waals surface area (Å²) in [4.78, 5) is 12.7. The van der Waals surface area contributed by atoms with Crippen molar-refractivity contribution >= 4 is 62.6 Å². The van der Waals surface area contributed by atoms with Crippen LogP contribution in [0.1, 0.15) is 15.2 Å². The van der Waals surface area contributed by atoms with Gasteiger partial charge < -0.3 is 0 Å². The van der Waals surface area contributed by atoms with Gasteiger partial charge in [-0.05, 0) is 46.3 Å². The van der Waals surface area contributed by atoms with Gasteiger partial charge in [0, 0.05) is 10.4 Å². The van der Waals surface area contributed by atoms with Gasteiger partial charge in [0.1, 0.15) is 0 Å². The predicted molar refractivity (Wildman–Crippen MR) is 83.5 cm³/mol. The molecule has 0 bridgehead atoms. The number of amides is 1. The molecule has 2 aromatic rings. The van der Waals surface area contributed by atoms with Crippen molar-refractivity contribution in [1.82, 2.24) is 5.43 Å². The van der Waals surface area contributed by atoms with Gasteiger partial charge in [-0.1, -0.05) is 23.2 Å². The molecule has 2 rings (SSSR count). The van der Waals surface area contributed by atoms with E-state index >= 15 is 0 Å². The van der Waals surface area contributed by atoms with Crippen LogP contribution in [0.3, 0.4) is 0 Å². The molecule has 3 nitrogen and oxygen atoms in total. The highest BCUT2D eigenvalue weighted by Gasteiger charge is 2.06. The van der Waals surface area contributed by atoms with E-state index in [4.69, 9.17) is 23.2 Å². The van der Waals surface area contributed by atoms with Gasteiger partial charge >= 0.3 is 0 Å². The summed E-state index contributed by atoms with van der Waals surface area (Å²) in [6.07, 6.45) is 1.57. The number of nitrogens with zero attached hydrogens (tertiary/aromatic N) is 1. The van der Waals surface area contributed by atoms with E-state index in [2.05, 4.69) is 26.5 Å². The average Bonchev–Trinajstić information content (AvgIpc) is 2.78. The normalized spacial score (nSPS) is 10.9. The number of carbonyl (C=O) groups excluding carboxylic acids is 1. The Labute approximate surface area is 132 Å². The quantitative estimate of drug-likeness (QED) is 0.617. The first-order valence-corrected chi connectivity index (χ1v) is 7.46. The molecule has 0 aliphatic carbocycles. The number of halogens is 3. The highest BCUT2D eigenvalue weighted by Crippen LogP contribution is 2.22. The monoisotopic (exact) mass is 376 g/mol. The molecule has 1 aromatic heterocycles. The minimum Gasteiger partial charge on any atom is -0.267 e. The number of thiophene rings is 1. The van der Waals surface area contributed by atoms with Crippen LogP contribution in [-0.2, 0) is 0 Å². The second-order valence-corrected chi connectivity index (χ2v) is 6.78. The maximum absolute atomic E-state index is 11.8. The lowest BCUT2D eigenvalue weighted by Gasteiger charge is -2.01. The Morgan fingerprint density at radius 2 is 2.05 bits per heavy atom. The van der Waals surface area contributed by atoms with Gasteiger partial charge in [0.25, 0.3) is 5.91 Å². The van der Waals surface area contributed by atoms with Gasteiger partial charge in [-0.3, -0.25) is 4.79 Å². The molecule has 1 amide bonds. The second kappa shape index (κ2) is 6.52. The number of hydrogen-bond acceptors (Lipinski definition) is 3. The average molecular weight is 378 g/mol. The molecule has 0 aliphatic heterocycles. The first kappa shape index (κ1) is 14.5. The number of hydrazone groups is 1. The third-order valence-corrected chi connectivity index (χ3v) is 4.43. The standard InChI is InChI=1S/C12H7BrCl2N2OS/c13-11-4-2-8(19-11)6-16-17-12(18)7-1-3-9(14)10(15)5-7/h1-6H,(H,17,18)/b16-6-. The molecule has 0 saturated carbocycles. The Kier molecular flexibility index (Phi) is 4.99. The van der Waals surface area contributed by atoms with Crippen molar-refractivity contribution in [2.75, 3.05) is 0 Å². The van der Waals surface area contributed by atoms with E-state index in [1.54, 1.807) is 18.3 Å². The SMILES string of the molecule is O=C(N/N=C\c1ccc(Br)s1)c1ccc(Cl)c(Cl)c1. The van der Waals surface area contributed by atoms with Crippen LogP contribution in [0.4, 0.5) is 0 Å². The smallest absolute Gasteiger partial charge is 0.267 e. The van der Waals surface area contributed by atoms with Crippen LogP contribution >= 0.6 is 50.5 Å². The highest BCUT2D eigenvalue weighted by atomic mass is 79.9. The molecule has 0 spiro atoms. The molecule has 1 N–H and O–H groups in total. The molecule has 1 heterocycles. The van der Waals surface area contributed by atoms with Crippen LogP contribution in [0.5, 0.6) is 0 Å².